The zero-order valence-corrected chi connectivity index (χ0v) is 70.7. The fourth-order valence-corrected chi connectivity index (χ4v) is 18.1. The topological polar surface area (TPSA) is 386 Å². The summed E-state index contributed by atoms with van der Waals surface area (Å²) in [5, 5.41) is 120. The Kier molecular flexibility index (Phi) is 34.1. The van der Waals surface area contributed by atoms with Gasteiger partial charge in [0.2, 0.25) is 0 Å². The van der Waals surface area contributed by atoms with Crippen molar-refractivity contribution in [3.05, 3.63) is 35.9 Å². The van der Waals surface area contributed by atoms with E-state index < -0.39 is 204 Å². The van der Waals surface area contributed by atoms with Crippen LogP contribution in [0.25, 0.3) is 0 Å². The highest BCUT2D eigenvalue weighted by Gasteiger charge is 2.57. The van der Waals surface area contributed by atoms with Crippen molar-refractivity contribution >= 4 is 17.8 Å². The number of hydrogen-bond acceptors (Lipinski definition) is 28. The van der Waals surface area contributed by atoms with Gasteiger partial charge in [0.1, 0.15) is 60.0 Å². The van der Waals surface area contributed by atoms with Gasteiger partial charge in [-0.25, -0.2) is 0 Å². The summed E-state index contributed by atoms with van der Waals surface area (Å²) in [6.45, 7) is 35.7. The molecule has 0 saturated carbocycles. The number of nitrogens with one attached hydrogen (secondary N) is 1. The Morgan fingerprint density at radius 3 is 1.28 bits per heavy atom. The summed E-state index contributed by atoms with van der Waals surface area (Å²) in [5.41, 5.74) is -8.47. The molecule has 0 radical (unpaired) electrons. The van der Waals surface area contributed by atoms with Gasteiger partial charge in [-0.1, -0.05) is 59.7 Å². The number of ether oxygens (including phenoxy) is 12. The third-order valence-electron chi connectivity index (χ3n) is 25.3. The molecule has 0 spiro atoms. The van der Waals surface area contributed by atoms with Crippen LogP contribution in [0.1, 0.15) is 200 Å². The number of esters is 2. The summed E-state index contributed by atoms with van der Waals surface area (Å²) in [6, 6.07) is 6.63. The van der Waals surface area contributed by atoms with Gasteiger partial charge in [-0.05, 0) is 181 Å². The zero-order chi connectivity index (χ0) is 83.2. The molecule has 638 valence electrons. The molecule has 0 aromatic heterocycles. The van der Waals surface area contributed by atoms with Crippen LogP contribution in [-0.2, 0) is 66.4 Å². The van der Waals surface area contributed by atoms with Crippen LogP contribution in [0.5, 0.6) is 0 Å². The molecule has 1 amide bonds. The Balaban J connectivity index is 0.000000347. The van der Waals surface area contributed by atoms with Crippen LogP contribution >= 0.6 is 0 Å². The predicted octanol–water partition coefficient (Wildman–Crippen LogP) is 4.67. The lowest BCUT2D eigenvalue weighted by molar-refractivity contribution is -0.317. The molecule has 29 heteroatoms. The minimum absolute atomic E-state index is 0.0904. The van der Waals surface area contributed by atoms with Crippen LogP contribution in [0.2, 0.25) is 0 Å². The number of rotatable bonds is 15. The second-order valence-corrected chi connectivity index (χ2v) is 35.0. The molecule has 0 bridgehead atoms. The van der Waals surface area contributed by atoms with E-state index in [2.05, 4.69) is 5.32 Å². The number of nitrogens with zero attached hydrogens (tertiary/aromatic N) is 3. The zero-order valence-electron chi connectivity index (χ0n) is 70.7. The van der Waals surface area contributed by atoms with E-state index in [1.54, 1.807) is 128 Å². The lowest BCUT2D eigenvalue weighted by Crippen LogP contribution is -2.61. The molecule has 2 unspecified atom stereocenters. The van der Waals surface area contributed by atoms with Crippen LogP contribution in [0, 0.1) is 35.5 Å². The van der Waals surface area contributed by atoms with Gasteiger partial charge in [0.05, 0.1) is 89.1 Å². The van der Waals surface area contributed by atoms with Crippen LogP contribution in [0.3, 0.4) is 0 Å². The molecule has 0 aliphatic carbocycles. The second kappa shape index (κ2) is 39.3. The molecule has 6 fully saturated rings. The molecule has 6 heterocycles. The first-order chi connectivity index (χ1) is 50.9. The maximum Gasteiger partial charge on any atom is 0.311 e. The van der Waals surface area contributed by atoms with Crippen molar-refractivity contribution in [2.75, 3.05) is 55.5 Å². The first kappa shape index (κ1) is 95.6. The fraction of sp³-hybridized carbons (Fsp3) is 0.889. The van der Waals surface area contributed by atoms with Gasteiger partial charge in [0, 0.05) is 82.7 Å². The summed E-state index contributed by atoms with van der Waals surface area (Å²) >= 11 is 0. The van der Waals surface area contributed by atoms with E-state index in [-0.39, 0.29) is 68.4 Å². The molecular formula is C81H144N4O25. The average molecular weight is 1570 g/mol. The van der Waals surface area contributed by atoms with E-state index in [0.29, 0.717) is 31.5 Å². The number of benzene rings is 1. The molecule has 1 aromatic carbocycles. The molecule has 6 aliphatic rings. The summed E-state index contributed by atoms with van der Waals surface area (Å²) < 4.78 is 75.1. The van der Waals surface area contributed by atoms with Crippen molar-refractivity contribution in [2.24, 2.45) is 35.5 Å². The Morgan fingerprint density at radius 1 is 0.545 bits per heavy atom. The first-order valence-electron chi connectivity index (χ1n) is 40.1. The van der Waals surface area contributed by atoms with Gasteiger partial charge < -0.3 is 128 Å². The molecule has 29 nitrogen and oxygen atoms in total. The summed E-state index contributed by atoms with van der Waals surface area (Å²) in [5.74, 6) is -5.73. The Labute approximate surface area is 654 Å². The highest BCUT2D eigenvalue weighted by atomic mass is 16.7. The number of likely N-dealkylation sites (N-methyl/N-ethyl adjacent to an activating group) is 4. The Bertz CT molecular complexity index is 3010. The maximum absolute atomic E-state index is 14.3. The van der Waals surface area contributed by atoms with Gasteiger partial charge in [-0.3, -0.25) is 14.4 Å². The molecule has 11 N–H and O–H groups in total. The largest absolute Gasteiger partial charge is 0.459 e. The van der Waals surface area contributed by atoms with Crippen molar-refractivity contribution in [3.8, 4) is 0 Å². The Hall–Kier alpha value is -3.29. The number of cyclic esters (lactones) is 2. The van der Waals surface area contributed by atoms with Crippen molar-refractivity contribution in [1.29, 1.82) is 0 Å². The molecule has 7 rings (SSSR count). The van der Waals surface area contributed by atoms with Gasteiger partial charge in [0.25, 0.3) is 5.91 Å². The second-order valence-electron chi connectivity index (χ2n) is 35.0. The third kappa shape index (κ3) is 22.3. The van der Waals surface area contributed by atoms with Crippen molar-refractivity contribution < 1.29 is 122 Å². The number of carbonyl (C=O) groups is 3. The summed E-state index contributed by atoms with van der Waals surface area (Å²) in [7, 11) is 10.0. The lowest BCUT2D eigenvalue weighted by Gasteiger charge is -2.49. The van der Waals surface area contributed by atoms with Gasteiger partial charge in [0.15, 0.2) is 25.2 Å². The SMILES string of the molecule is CC[C@H]1OC(=O)[C@H](C)[C@@H](O[C@H]2C[C@@](C)(OC)[C@@H](O)[C@H](C)O2)C(C)[C@@H](O[C@@H]2O[C@H](C)C[C@H](N(C)C(=O)c3ccccc3)[C@H]2O)[C@](C)(O)C[C@@H](C)CN(C)[C@H](C)[C@@H](O)[C@]1(C)O.CC[C@H]1OC(=O)[C@H](C)[C@@H](O[C@H]2C[C@@](C)(OC)[C@@H](O)[C@H](C)O2)C(C)[C@@H](O[C@@H]2O[C@H](C)C[C@H](NC)[C@H]2O)[C@](C)(O)C[C@@H](C)CN(C)[C@H](C)[C@@H](O)[C@]1(C)O. The highest BCUT2D eigenvalue weighted by molar-refractivity contribution is 5.94. The maximum atomic E-state index is 14.3. The van der Waals surface area contributed by atoms with Crippen molar-refractivity contribution in [3.63, 3.8) is 0 Å². The average Bonchev–Trinajstić information content (AvgIpc) is 1.05. The van der Waals surface area contributed by atoms with E-state index in [4.69, 9.17) is 56.8 Å². The number of hydrogen-bond donors (Lipinski definition) is 11. The molecule has 110 heavy (non-hydrogen) atoms. The normalized spacial score (nSPS) is 47.3. The van der Waals surface area contributed by atoms with Crippen LogP contribution in [-0.4, -0.2) is 320 Å². The number of aliphatic hydroxyl groups excluding tert-OH is 6. The van der Waals surface area contributed by atoms with E-state index in [1.807, 2.05) is 64.6 Å². The van der Waals surface area contributed by atoms with Crippen LogP contribution in [0.15, 0.2) is 30.3 Å². The fourth-order valence-electron chi connectivity index (χ4n) is 18.1. The molecule has 1 aromatic rings. The Morgan fingerprint density at radius 2 is 0.918 bits per heavy atom. The van der Waals surface area contributed by atoms with E-state index >= 15 is 0 Å². The summed E-state index contributed by atoms with van der Waals surface area (Å²) in [4.78, 5) is 47.4. The number of carbonyl (C=O) groups excluding carboxylic acids is 3. The molecule has 6 saturated heterocycles. The molecule has 36 atom stereocenters. The highest BCUT2D eigenvalue weighted by Crippen LogP contribution is 2.44. The number of amides is 1. The minimum Gasteiger partial charge on any atom is -0.459 e. The lowest BCUT2D eigenvalue weighted by atomic mass is 9.77. The van der Waals surface area contributed by atoms with Crippen molar-refractivity contribution in [2.45, 2.75) is 370 Å². The third-order valence-corrected chi connectivity index (χ3v) is 25.3. The molecular weight excluding hydrogens is 1430 g/mol. The van der Waals surface area contributed by atoms with E-state index in [1.165, 1.54) is 33.0 Å². The quantitative estimate of drug-likeness (QED) is 0.106. The number of aliphatic hydroxyl groups is 10. The van der Waals surface area contributed by atoms with Crippen molar-refractivity contribution in [1.82, 2.24) is 20.0 Å². The van der Waals surface area contributed by atoms with Crippen LogP contribution < -0.4 is 5.32 Å². The number of methoxy groups -OCH3 is 2. The molecule has 6 aliphatic heterocycles. The summed E-state index contributed by atoms with van der Waals surface area (Å²) in [6.07, 6.45) is -18.0. The van der Waals surface area contributed by atoms with E-state index in [0.717, 1.165) is 0 Å². The van der Waals surface area contributed by atoms with E-state index in [9.17, 15) is 65.4 Å². The first-order valence-corrected chi connectivity index (χ1v) is 40.1. The predicted molar refractivity (Wildman–Crippen MR) is 409 cm³/mol. The minimum atomic E-state index is -1.84. The van der Waals surface area contributed by atoms with Gasteiger partial charge in [-0.2, -0.15) is 0 Å². The smallest absolute Gasteiger partial charge is 0.311 e. The van der Waals surface area contributed by atoms with Crippen LogP contribution in [0.4, 0.5) is 0 Å². The van der Waals surface area contributed by atoms with Gasteiger partial charge in [-0.15, -0.1) is 0 Å². The standard InChI is InChI=1S/C44H74N2O13.C37H70N2O12/c1-14-32-44(10,53)36(48)28(6)45(11)23-24(2)21-42(8,52)38(59-41-34(47)31(20-25(3)55-41)46(12)39(50)30-18-16-15-17-19-30)26(4)35(27(5)40(51)57-32)58-33-22-43(9,54-13)37(49)29(7)56-33;1-14-26-37(10,45)30(41)23(6)39(12)18-19(2)16-35(8,44)32(51-34-28(40)25(38-11)15-20(3)47-34)21(4)29(22(5)33(43)49-26)50-27-17-36(9,46-13)31(42)24(7)48-27/h15-19,24-29,31-38,41,47-49,52-53H,14,20-23H2,1-13H3;19-32,34,38,40-42,44-45H,14-18H2,1-13H3/t24-,25-,26?,27-,28-,29+,31+,32-,33+,34-,35+,36-,37+,38-,41+,42-,43-,44-;19-,20-,21?,22-,23-,24+,25+,26-,27+,28-,29+,30-,31+,32-,34+,35-,36-,37-/m11/s1. The van der Waals surface area contributed by atoms with Gasteiger partial charge >= 0.3 is 11.9 Å². The monoisotopic (exact) mass is 1570 g/mol.